The molecule has 378 valence electrons. The maximum absolute atomic E-state index is 4.83. The molecule has 0 spiro atoms. The van der Waals surface area contributed by atoms with E-state index in [1.165, 1.54) is 66.8 Å². The quantitative estimate of drug-likeness (QED) is 0.145. The molecule has 3 nitrogen and oxygen atoms in total. The summed E-state index contributed by atoms with van der Waals surface area (Å²) in [6, 6.07) is 60.9. The Balaban J connectivity index is 1.06. The van der Waals surface area contributed by atoms with Crippen molar-refractivity contribution in [3.05, 3.63) is 229 Å². The minimum Gasteiger partial charge on any atom is -0.256 e. The molecule has 1 fully saturated rings. The zero-order valence-corrected chi connectivity index (χ0v) is 49.4. The Kier molecular flexibility index (Phi) is 15.0. The van der Waals surface area contributed by atoms with Gasteiger partial charge in [0.15, 0.2) is 0 Å². The van der Waals surface area contributed by atoms with Gasteiger partial charge in [0.05, 0.1) is 17.1 Å². The summed E-state index contributed by atoms with van der Waals surface area (Å²) < 4.78 is 3.20. The van der Waals surface area contributed by atoms with E-state index in [0.717, 1.165) is 66.5 Å². The minimum atomic E-state index is 0.0282. The van der Waals surface area contributed by atoms with Crippen molar-refractivity contribution in [2.75, 3.05) is 0 Å². The Morgan fingerprint density at radius 3 is 0.840 bits per heavy atom. The van der Waals surface area contributed by atoms with Crippen molar-refractivity contribution in [2.24, 2.45) is 0 Å². The van der Waals surface area contributed by atoms with Gasteiger partial charge in [0, 0.05) is 48.7 Å². The molecule has 1 aliphatic rings. The SMILES string of the molecule is CC(C)(C)c1ccnc(-c2ccc(-c3ccccc3C3CC(c4ccccc4-c4ccc(-c5cc(C(C)(C)C)ccn5)cc4Br)CC(c4ccccc4-c4ccc(-c5cc(C(C)(C)C)ccn5)cc4Br)C3)c(Br)c2)c1. The highest BCUT2D eigenvalue weighted by Gasteiger charge is 2.35. The van der Waals surface area contributed by atoms with Crippen LogP contribution in [0.3, 0.4) is 0 Å². The summed E-state index contributed by atoms with van der Waals surface area (Å²) in [4.78, 5) is 14.5. The van der Waals surface area contributed by atoms with Crippen molar-refractivity contribution < 1.29 is 0 Å². The molecule has 75 heavy (non-hydrogen) atoms. The highest BCUT2D eigenvalue weighted by Crippen LogP contribution is 2.54. The van der Waals surface area contributed by atoms with Gasteiger partial charge in [-0.1, -0.05) is 219 Å². The van der Waals surface area contributed by atoms with Gasteiger partial charge in [-0.3, -0.25) is 15.0 Å². The summed E-state index contributed by atoms with van der Waals surface area (Å²) >= 11 is 12.3. The molecule has 1 aliphatic carbocycles. The molecule has 0 N–H and O–H groups in total. The first-order valence-electron chi connectivity index (χ1n) is 26.4. The van der Waals surface area contributed by atoms with E-state index in [0.29, 0.717) is 0 Å². The molecule has 1 saturated carbocycles. The number of benzene rings is 6. The van der Waals surface area contributed by atoms with Crippen LogP contribution in [0.5, 0.6) is 0 Å². The van der Waals surface area contributed by atoms with Crippen molar-refractivity contribution in [1.82, 2.24) is 15.0 Å². The third-order valence-corrected chi connectivity index (χ3v) is 17.4. The summed E-state index contributed by atoms with van der Waals surface area (Å²) in [6.45, 7) is 20.3. The molecule has 6 aromatic carbocycles. The molecule has 6 heteroatoms. The summed E-state index contributed by atoms with van der Waals surface area (Å²) in [5.74, 6) is 0.797. The topological polar surface area (TPSA) is 38.7 Å². The van der Waals surface area contributed by atoms with Crippen molar-refractivity contribution >= 4 is 47.8 Å². The first-order valence-corrected chi connectivity index (χ1v) is 28.8. The number of halogens is 3. The van der Waals surface area contributed by atoms with E-state index in [2.05, 4.69) is 274 Å². The van der Waals surface area contributed by atoms with Crippen LogP contribution in [0.4, 0.5) is 0 Å². The lowest BCUT2D eigenvalue weighted by Crippen LogP contribution is -2.21. The Hall–Kier alpha value is -5.79. The van der Waals surface area contributed by atoms with Crippen LogP contribution >= 0.6 is 47.8 Å². The van der Waals surface area contributed by atoms with Gasteiger partial charge in [0.2, 0.25) is 0 Å². The van der Waals surface area contributed by atoms with E-state index in [1.54, 1.807) is 0 Å². The molecular formula is C69H66Br3N3. The summed E-state index contributed by atoms with van der Waals surface area (Å²) in [7, 11) is 0. The average molecular weight is 1180 g/mol. The molecule has 0 unspecified atom stereocenters. The third-order valence-electron chi connectivity index (χ3n) is 15.5. The van der Waals surface area contributed by atoms with Crippen LogP contribution in [0.25, 0.3) is 67.2 Å². The molecule has 0 bridgehead atoms. The van der Waals surface area contributed by atoms with Gasteiger partial charge in [-0.05, 0) is 175 Å². The number of pyridine rings is 3. The van der Waals surface area contributed by atoms with E-state index >= 15 is 0 Å². The van der Waals surface area contributed by atoms with Gasteiger partial charge in [0.25, 0.3) is 0 Å². The Morgan fingerprint density at radius 1 is 0.320 bits per heavy atom. The second kappa shape index (κ2) is 21.3. The van der Waals surface area contributed by atoms with E-state index in [-0.39, 0.29) is 34.0 Å². The van der Waals surface area contributed by atoms with Crippen LogP contribution < -0.4 is 0 Å². The molecule has 3 aromatic heterocycles. The predicted molar refractivity (Wildman–Crippen MR) is 327 cm³/mol. The van der Waals surface area contributed by atoms with Crippen LogP contribution in [-0.4, -0.2) is 15.0 Å². The first kappa shape index (κ1) is 52.6. The minimum absolute atomic E-state index is 0.0282. The Bertz CT molecular complexity index is 3180. The number of hydrogen-bond donors (Lipinski definition) is 0. The fraction of sp³-hybridized carbons (Fsp3) is 0.261. The Morgan fingerprint density at radius 2 is 0.587 bits per heavy atom. The molecule has 10 rings (SSSR count). The highest BCUT2D eigenvalue weighted by atomic mass is 79.9. The van der Waals surface area contributed by atoms with Crippen LogP contribution in [-0.2, 0) is 16.2 Å². The molecule has 0 atom stereocenters. The second-order valence-electron chi connectivity index (χ2n) is 23.7. The molecular weight excluding hydrogens is 1110 g/mol. The smallest absolute Gasteiger partial charge is 0.0705 e. The monoisotopic (exact) mass is 1170 g/mol. The molecule has 0 saturated heterocycles. The summed E-state index contributed by atoms with van der Waals surface area (Å²) in [5.41, 5.74) is 21.7. The standard InChI is InChI=1S/C69H66Br3N3/c1-67(2,3)49-28-31-73-64(40-49)43-22-25-58(61(70)37-43)55-19-13-10-16-52(55)46-34-47(53-17-11-14-20-56(53)59-26-23-44(38-62(59)71)65-41-50(29-32-74-65)68(4,5)6)36-48(35-46)54-18-12-15-21-57(54)60-27-24-45(39-63(60)72)66-42-51(30-33-75-66)69(7,8)9/h10-33,37-42,46-48H,34-36H2,1-9H3. The average Bonchev–Trinajstić information content (AvgIpc) is 3.40. The molecule has 3 heterocycles. The second-order valence-corrected chi connectivity index (χ2v) is 26.2. The number of nitrogens with zero attached hydrogens (tertiary/aromatic N) is 3. The summed E-state index contributed by atoms with van der Waals surface area (Å²) in [6.07, 6.45) is 8.87. The van der Waals surface area contributed by atoms with Gasteiger partial charge < -0.3 is 0 Å². The highest BCUT2D eigenvalue weighted by molar-refractivity contribution is 9.11. The fourth-order valence-electron chi connectivity index (χ4n) is 11.2. The third kappa shape index (κ3) is 11.4. The van der Waals surface area contributed by atoms with Gasteiger partial charge >= 0.3 is 0 Å². The molecule has 0 aliphatic heterocycles. The van der Waals surface area contributed by atoms with E-state index in [9.17, 15) is 0 Å². The van der Waals surface area contributed by atoms with Crippen molar-refractivity contribution in [3.63, 3.8) is 0 Å². The van der Waals surface area contributed by atoms with E-state index < -0.39 is 0 Å². The lowest BCUT2D eigenvalue weighted by atomic mass is 9.66. The normalized spacial score (nSPS) is 16.2. The van der Waals surface area contributed by atoms with Crippen molar-refractivity contribution in [2.45, 2.75) is 116 Å². The van der Waals surface area contributed by atoms with E-state index in [4.69, 9.17) is 15.0 Å². The van der Waals surface area contributed by atoms with Gasteiger partial charge in [-0.15, -0.1) is 0 Å². The van der Waals surface area contributed by atoms with Crippen LogP contribution in [0.1, 0.15) is 133 Å². The van der Waals surface area contributed by atoms with Gasteiger partial charge in [-0.2, -0.15) is 0 Å². The predicted octanol–water partition coefficient (Wildman–Crippen LogP) is 20.9. The maximum atomic E-state index is 4.83. The van der Waals surface area contributed by atoms with Crippen LogP contribution in [0.15, 0.2) is 196 Å². The maximum Gasteiger partial charge on any atom is 0.0705 e. The number of rotatable bonds is 9. The van der Waals surface area contributed by atoms with Crippen LogP contribution in [0.2, 0.25) is 0 Å². The van der Waals surface area contributed by atoms with Crippen molar-refractivity contribution in [3.8, 4) is 67.2 Å². The fourth-order valence-corrected chi connectivity index (χ4v) is 13.0. The number of hydrogen-bond acceptors (Lipinski definition) is 3. The van der Waals surface area contributed by atoms with Crippen LogP contribution in [0, 0.1) is 0 Å². The molecule has 9 aromatic rings. The summed E-state index contributed by atoms with van der Waals surface area (Å²) in [5, 5.41) is 0. The van der Waals surface area contributed by atoms with Gasteiger partial charge in [-0.25, -0.2) is 0 Å². The zero-order chi connectivity index (χ0) is 52.8. The zero-order valence-electron chi connectivity index (χ0n) is 44.6. The van der Waals surface area contributed by atoms with E-state index in [1.807, 2.05) is 18.6 Å². The molecule has 0 amide bonds. The largest absolute Gasteiger partial charge is 0.256 e. The first-order chi connectivity index (χ1) is 35.8. The lowest BCUT2D eigenvalue weighted by Gasteiger charge is -2.38. The van der Waals surface area contributed by atoms with Crippen molar-refractivity contribution in [1.29, 1.82) is 0 Å². The lowest BCUT2D eigenvalue weighted by molar-refractivity contribution is 0.353. The Labute approximate surface area is 471 Å². The molecule has 0 radical (unpaired) electrons. The number of aromatic nitrogens is 3. The van der Waals surface area contributed by atoms with Gasteiger partial charge in [0.1, 0.15) is 0 Å².